The van der Waals surface area contributed by atoms with E-state index in [0.717, 1.165) is 27.9 Å². The minimum Gasteiger partial charge on any atom is -0.444 e. The van der Waals surface area contributed by atoms with E-state index in [-0.39, 0.29) is 17.4 Å². The number of hydrogen-bond acceptors (Lipinski definition) is 9. The lowest BCUT2D eigenvalue weighted by Crippen LogP contribution is -2.46. The number of nitrogens with zero attached hydrogens (tertiary/aromatic N) is 3. The molecule has 37 heavy (non-hydrogen) atoms. The van der Waals surface area contributed by atoms with Gasteiger partial charge in [-0.3, -0.25) is 4.79 Å². The molecule has 3 aromatic rings. The number of anilines is 2. The molecule has 1 aliphatic heterocycles. The smallest absolute Gasteiger partial charge is 0.415 e. The molecular formula is C26H31N5O4S2. The highest BCUT2D eigenvalue weighted by atomic mass is 32.2. The van der Waals surface area contributed by atoms with Gasteiger partial charge >= 0.3 is 6.09 Å². The Morgan fingerprint density at radius 1 is 1.27 bits per heavy atom. The first-order valence-corrected chi connectivity index (χ1v) is 13.8. The van der Waals surface area contributed by atoms with Crippen LogP contribution < -0.4 is 15.4 Å². The number of nitrogens with one attached hydrogen (secondary N) is 2. The van der Waals surface area contributed by atoms with Crippen LogP contribution in [0, 0.1) is 0 Å². The lowest BCUT2D eigenvalue weighted by molar-refractivity contribution is -0.111. The van der Waals surface area contributed by atoms with Gasteiger partial charge in [-0.05, 0) is 43.2 Å². The SMILES string of the molecule is C=CC(=O)Nc1ccc(OC(=O)N2CCCC(Nc3ncc(SCc4ncc(C(C)(C)C)o4)s3)C2)cc1. The molecule has 9 nitrogen and oxygen atoms in total. The molecule has 0 aliphatic carbocycles. The normalized spacial score (nSPS) is 15.8. The van der Waals surface area contributed by atoms with Crippen LogP contribution in [-0.2, 0) is 16.0 Å². The minimum atomic E-state index is -0.398. The number of aromatic nitrogens is 2. The van der Waals surface area contributed by atoms with Gasteiger partial charge in [0.15, 0.2) is 5.13 Å². The summed E-state index contributed by atoms with van der Waals surface area (Å²) >= 11 is 3.22. The Labute approximate surface area is 224 Å². The van der Waals surface area contributed by atoms with Gasteiger partial charge in [0.25, 0.3) is 0 Å². The fraction of sp³-hybridized carbons (Fsp3) is 0.385. The van der Waals surface area contributed by atoms with E-state index in [9.17, 15) is 9.59 Å². The predicted molar refractivity (Wildman–Crippen MR) is 146 cm³/mol. The van der Waals surface area contributed by atoms with Gasteiger partial charge in [0.05, 0.1) is 22.4 Å². The summed E-state index contributed by atoms with van der Waals surface area (Å²) in [5, 5.41) is 6.94. The Kier molecular flexibility index (Phi) is 8.55. The minimum absolute atomic E-state index is 0.0627. The molecule has 0 radical (unpaired) electrons. The highest BCUT2D eigenvalue weighted by Crippen LogP contribution is 2.32. The van der Waals surface area contributed by atoms with E-state index in [1.165, 1.54) is 6.08 Å². The summed E-state index contributed by atoms with van der Waals surface area (Å²) in [6.07, 6.45) is 6.25. The van der Waals surface area contributed by atoms with Crippen LogP contribution in [-0.4, -0.2) is 46.0 Å². The van der Waals surface area contributed by atoms with Crippen molar-refractivity contribution < 1.29 is 18.7 Å². The summed E-state index contributed by atoms with van der Waals surface area (Å²) < 4.78 is 12.5. The van der Waals surface area contributed by atoms with Gasteiger partial charge in [0.2, 0.25) is 11.8 Å². The number of carbonyl (C=O) groups excluding carboxylic acids is 2. The van der Waals surface area contributed by atoms with Crippen LogP contribution in [0.15, 0.2) is 57.9 Å². The van der Waals surface area contributed by atoms with Crippen molar-refractivity contribution in [2.45, 2.75) is 55.0 Å². The molecule has 0 saturated carbocycles. The second-order valence-electron chi connectivity index (χ2n) is 9.66. The standard InChI is InChI=1S/C26H31N5O4S2/c1-5-21(32)29-17-8-10-19(11-9-17)34-25(33)31-12-6-7-18(15-31)30-24-28-14-23(37-24)36-16-22-27-13-20(35-22)26(2,3)4/h5,8-11,13-14,18H,1,6-7,12,15-16H2,2-4H3,(H,28,30)(H,29,32). The maximum Gasteiger partial charge on any atom is 0.415 e. The second-order valence-corrected chi connectivity index (χ2v) is 12.0. The van der Waals surface area contributed by atoms with E-state index in [2.05, 4.69) is 48.0 Å². The molecule has 11 heteroatoms. The number of benzene rings is 1. The van der Waals surface area contributed by atoms with Crippen LogP contribution in [0.3, 0.4) is 0 Å². The lowest BCUT2D eigenvalue weighted by Gasteiger charge is -2.32. The zero-order valence-electron chi connectivity index (χ0n) is 21.2. The van der Waals surface area contributed by atoms with E-state index >= 15 is 0 Å². The number of oxazole rings is 1. The Morgan fingerprint density at radius 2 is 2.05 bits per heavy atom. The highest BCUT2D eigenvalue weighted by molar-refractivity contribution is 8.00. The third-order valence-corrected chi connectivity index (χ3v) is 7.74. The van der Waals surface area contributed by atoms with Crippen molar-refractivity contribution in [2.75, 3.05) is 23.7 Å². The molecule has 2 N–H and O–H groups in total. The average molecular weight is 542 g/mol. The van der Waals surface area contributed by atoms with Gasteiger partial charge in [-0.1, -0.05) is 38.7 Å². The largest absolute Gasteiger partial charge is 0.444 e. The number of likely N-dealkylation sites (tertiary alicyclic amines) is 1. The van der Waals surface area contributed by atoms with Gasteiger partial charge in [0, 0.05) is 30.2 Å². The van der Waals surface area contributed by atoms with E-state index < -0.39 is 6.09 Å². The maximum atomic E-state index is 12.7. The fourth-order valence-electron chi connectivity index (χ4n) is 3.65. The van der Waals surface area contributed by atoms with Gasteiger partial charge < -0.3 is 24.7 Å². The molecule has 1 saturated heterocycles. The molecule has 1 aromatic carbocycles. The van der Waals surface area contributed by atoms with E-state index in [0.29, 0.717) is 36.2 Å². The van der Waals surface area contributed by atoms with Crippen LogP contribution in [0.2, 0.25) is 0 Å². The second kappa shape index (κ2) is 11.8. The number of thioether (sulfide) groups is 1. The first-order chi connectivity index (χ1) is 17.7. The average Bonchev–Trinajstić information content (AvgIpc) is 3.53. The molecule has 2 amide bonds. The fourth-order valence-corrected chi connectivity index (χ4v) is 5.45. The number of rotatable bonds is 8. The van der Waals surface area contributed by atoms with Crippen LogP contribution in [0.1, 0.15) is 45.3 Å². The molecule has 1 atom stereocenters. The Balaban J connectivity index is 1.25. The molecule has 0 spiro atoms. The molecule has 1 unspecified atom stereocenters. The third kappa shape index (κ3) is 7.59. The summed E-state index contributed by atoms with van der Waals surface area (Å²) in [4.78, 5) is 34.7. The van der Waals surface area contributed by atoms with Crippen molar-refractivity contribution in [2.24, 2.45) is 0 Å². The van der Waals surface area contributed by atoms with E-state index in [4.69, 9.17) is 9.15 Å². The first kappa shape index (κ1) is 26.7. The highest BCUT2D eigenvalue weighted by Gasteiger charge is 2.26. The van der Waals surface area contributed by atoms with Crippen molar-refractivity contribution in [3.05, 3.63) is 61.0 Å². The van der Waals surface area contributed by atoms with Crippen molar-refractivity contribution in [3.8, 4) is 5.75 Å². The maximum absolute atomic E-state index is 12.7. The van der Waals surface area contributed by atoms with Gasteiger partial charge in [-0.2, -0.15) is 0 Å². The molecule has 1 fully saturated rings. The third-order valence-electron chi connectivity index (χ3n) is 5.63. The van der Waals surface area contributed by atoms with Crippen LogP contribution in [0.4, 0.5) is 15.6 Å². The molecular weight excluding hydrogens is 510 g/mol. The quantitative estimate of drug-likeness (QED) is 0.267. The van der Waals surface area contributed by atoms with Gasteiger partial charge in [-0.15, -0.1) is 11.8 Å². The van der Waals surface area contributed by atoms with Crippen molar-refractivity contribution in [3.63, 3.8) is 0 Å². The zero-order valence-corrected chi connectivity index (χ0v) is 22.8. The summed E-state index contributed by atoms with van der Waals surface area (Å²) in [6, 6.07) is 6.73. The number of hydrogen-bond donors (Lipinski definition) is 2. The summed E-state index contributed by atoms with van der Waals surface area (Å²) in [7, 11) is 0. The monoisotopic (exact) mass is 541 g/mol. The van der Waals surface area contributed by atoms with Crippen LogP contribution in [0.5, 0.6) is 5.75 Å². The Bertz CT molecular complexity index is 1230. The summed E-state index contributed by atoms with van der Waals surface area (Å²) in [5.41, 5.74) is 0.537. The number of thiazole rings is 1. The first-order valence-electron chi connectivity index (χ1n) is 12.0. The van der Waals surface area contributed by atoms with Gasteiger partial charge in [0.1, 0.15) is 11.5 Å². The molecule has 4 rings (SSSR count). The Hall–Kier alpha value is -3.31. The summed E-state index contributed by atoms with van der Waals surface area (Å²) in [5.74, 6) is 2.34. The van der Waals surface area contributed by atoms with Crippen molar-refractivity contribution >= 4 is 45.9 Å². The van der Waals surface area contributed by atoms with E-state index in [1.54, 1.807) is 58.5 Å². The molecule has 2 aromatic heterocycles. The van der Waals surface area contributed by atoms with E-state index in [1.807, 2.05) is 6.20 Å². The van der Waals surface area contributed by atoms with Gasteiger partial charge in [-0.25, -0.2) is 14.8 Å². The predicted octanol–water partition coefficient (Wildman–Crippen LogP) is 5.92. The molecule has 1 aliphatic rings. The van der Waals surface area contributed by atoms with Crippen LogP contribution >= 0.6 is 23.1 Å². The number of piperidine rings is 1. The van der Waals surface area contributed by atoms with Crippen LogP contribution in [0.25, 0.3) is 0 Å². The number of ether oxygens (including phenoxy) is 1. The molecule has 3 heterocycles. The summed E-state index contributed by atoms with van der Waals surface area (Å²) in [6.45, 7) is 10.9. The van der Waals surface area contributed by atoms with Crippen molar-refractivity contribution in [1.29, 1.82) is 0 Å². The number of amides is 2. The topological polar surface area (TPSA) is 110 Å². The molecule has 0 bridgehead atoms. The zero-order chi connectivity index (χ0) is 26.4. The Morgan fingerprint density at radius 3 is 2.76 bits per heavy atom. The lowest BCUT2D eigenvalue weighted by atomic mass is 9.94. The molecule has 196 valence electrons. The van der Waals surface area contributed by atoms with Crippen molar-refractivity contribution in [1.82, 2.24) is 14.9 Å². The number of carbonyl (C=O) groups is 2.